The van der Waals surface area contributed by atoms with Gasteiger partial charge in [0.05, 0.1) is 5.88 Å². The van der Waals surface area contributed by atoms with Crippen molar-refractivity contribution in [2.75, 3.05) is 11.6 Å². The first-order valence-electron chi connectivity index (χ1n) is 6.03. The number of carbonyl (C=O) groups excluding carboxylic acids is 1. The van der Waals surface area contributed by atoms with Crippen molar-refractivity contribution in [3.8, 4) is 0 Å². The number of carboxylic acids is 1. The molecule has 1 atom stereocenters. The summed E-state index contributed by atoms with van der Waals surface area (Å²) in [6, 6.07) is 2.69. The van der Waals surface area contributed by atoms with Crippen LogP contribution in [0.1, 0.15) is 12.0 Å². The van der Waals surface area contributed by atoms with Crippen molar-refractivity contribution < 1.29 is 23.5 Å². The third kappa shape index (κ3) is 3.27. The number of aryl methyl sites for hydroxylation is 1. The molecule has 20 heavy (non-hydrogen) atoms. The van der Waals surface area contributed by atoms with Gasteiger partial charge < -0.3 is 10.0 Å². The van der Waals surface area contributed by atoms with Crippen molar-refractivity contribution >= 4 is 23.6 Å². The summed E-state index contributed by atoms with van der Waals surface area (Å²) >= 11 is 1.39. The number of carbonyl (C=O) groups is 2. The van der Waals surface area contributed by atoms with Gasteiger partial charge in [-0.2, -0.15) is 0 Å². The van der Waals surface area contributed by atoms with E-state index < -0.39 is 23.6 Å². The molecule has 1 aliphatic rings. The second-order valence-electron chi connectivity index (χ2n) is 4.47. The van der Waals surface area contributed by atoms with Crippen molar-refractivity contribution in [1.82, 2.24) is 4.90 Å². The molecule has 0 saturated carbocycles. The Balaban J connectivity index is 1.94. The Kier molecular flexibility index (Phi) is 4.59. The van der Waals surface area contributed by atoms with Crippen molar-refractivity contribution in [1.29, 1.82) is 0 Å². The highest BCUT2D eigenvalue weighted by Crippen LogP contribution is 2.22. The van der Waals surface area contributed by atoms with Crippen LogP contribution in [0.5, 0.6) is 0 Å². The average Bonchev–Trinajstić information content (AvgIpc) is 2.89. The third-order valence-corrected chi connectivity index (χ3v) is 4.11. The monoisotopic (exact) mass is 301 g/mol. The van der Waals surface area contributed by atoms with Gasteiger partial charge in [0.25, 0.3) is 0 Å². The molecule has 1 aliphatic heterocycles. The van der Waals surface area contributed by atoms with Gasteiger partial charge in [0.1, 0.15) is 6.04 Å². The van der Waals surface area contributed by atoms with Gasteiger partial charge in [-0.15, -0.1) is 11.8 Å². The third-order valence-electron chi connectivity index (χ3n) is 3.10. The van der Waals surface area contributed by atoms with E-state index in [1.165, 1.54) is 22.7 Å². The lowest BCUT2D eigenvalue weighted by Crippen LogP contribution is -2.41. The zero-order chi connectivity index (χ0) is 14.7. The van der Waals surface area contributed by atoms with Crippen LogP contribution in [-0.2, 0) is 16.0 Å². The lowest BCUT2D eigenvalue weighted by atomic mass is 10.1. The fourth-order valence-electron chi connectivity index (χ4n) is 1.98. The van der Waals surface area contributed by atoms with Crippen LogP contribution in [0.25, 0.3) is 0 Å². The van der Waals surface area contributed by atoms with E-state index in [1.54, 1.807) is 0 Å². The van der Waals surface area contributed by atoms with Crippen molar-refractivity contribution in [3.63, 3.8) is 0 Å². The standard InChI is InChI=1S/C13H13F2NO3S/c14-9-3-1-8(5-10(9)15)2-4-12(17)16-7-20-6-11(16)13(18)19/h1,3,5,11H,2,4,6-7H2,(H,18,19)/t11-/m0/s1. The molecule has 1 heterocycles. The summed E-state index contributed by atoms with van der Waals surface area (Å²) in [4.78, 5) is 24.3. The number of aliphatic carboxylic acids is 1. The molecule has 108 valence electrons. The second-order valence-corrected chi connectivity index (χ2v) is 5.47. The highest BCUT2D eigenvalue weighted by Gasteiger charge is 2.34. The van der Waals surface area contributed by atoms with Crippen LogP contribution in [0.4, 0.5) is 8.78 Å². The van der Waals surface area contributed by atoms with Gasteiger partial charge in [0.2, 0.25) is 5.91 Å². The van der Waals surface area contributed by atoms with Gasteiger partial charge >= 0.3 is 5.97 Å². The number of hydrogen-bond acceptors (Lipinski definition) is 3. The quantitative estimate of drug-likeness (QED) is 0.922. The largest absolute Gasteiger partial charge is 0.480 e. The van der Waals surface area contributed by atoms with E-state index in [0.29, 0.717) is 17.2 Å². The van der Waals surface area contributed by atoms with Crippen molar-refractivity contribution in [3.05, 3.63) is 35.4 Å². The molecule has 0 bridgehead atoms. The van der Waals surface area contributed by atoms with Crippen LogP contribution in [0, 0.1) is 11.6 Å². The molecule has 7 heteroatoms. The number of nitrogens with zero attached hydrogens (tertiary/aromatic N) is 1. The molecule has 1 amide bonds. The molecule has 0 aromatic heterocycles. The van der Waals surface area contributed by atoms with Gasteiger partial charge in [-0.05, 0) is 24.1 Å². The molecule has 4 nitrogen and oxygen atoms in total. The lowest BCUT2D eigenvalue weighted by molar-refractivity contribution is -0.147. The minimum atomic E-state index is -1.02. The zero-order valence-corrected chi connectivity index (χ0v) is 11.3. The maximum atomic E-state index is 13.0. The number of carboxylic acid groups (broad SMARTS) is 1. The van der Waals surface area contributed by atoms with E-state index in [9.17, 15) is 18.4 Å². The Bertz CT molecular complexity index is 538. The molecule has 1 aromatic rings. The average molecular weight is 301 g/mol. The summed E-state index contributed by atoms with van der Waals surface area (Å²) in [6.45, 7) is 0. The summed E-state index contributed by atoms with van der Waals surface area (Å²) in [5.41, 5.74) is 0.510. The van der Waals surface area contributed by atoms with E-state index >= 15 is 0 Å². The Labute approximate surface area is 118 Å². The zero-order valence-electron chi connectivity index (χ0n) is 10.5. The van der Waals surface area contributed by atoms with Gasteiger partial charge in [0, 0.05) is 12.2 Å². The van der Waals surface area contributed by atoms with Crippen LogP contribution >= 0.6 is 11.8 Å². The molecule has 1 N–H and O–H groups in total. The van der Waals surface area contributed by atoms with Crippen LogP contribution in [0.3, 0.4) is 0 Å². The predicted octanol–water partition coefficient (Wildman–Crippen LogP) is 1.88. The minimum Gasteiger partial charge on any atom is -0.480 e. The first-order valence-corrected chi connectivity index (χ1v) is 7.18. The second kappa shape index (κ2) is 6.21. The SMILES string of the molecule is O=C(O)[C@@H]1CSCN1C(=O)CCc1ccc(F)c(F)c1. The maximum absolute atomic E-state index is 13.0. The van der Waals surface area contributed by atoms with Crippen molar-refractivity contribution in [2.24, 2.45) is 0 Å². The molecule has 1 fully saturated rings. The summed E-state index contributed by atoms with van der Waals surface area (Å²) in [5.74, 6) is -2.44. The number of rotatable bonds is 4. The smallest absolute Gasteiger partial charge is 0.327 e. The first kappa shape index (κ1) is 14.8. The Morgan fingerprint density at radius 3 is 2.75 bits per heavy atom. The van der Waals surface area contributed by atoms with E-state index in [1.807, 2.05) is 0 Å². The van der Waals surface area contributed by atoms with Crippen LogP contribution in [0.15, 0.2) is 18.2 Å². The summed E-state index contributed by atoms with van der Waals surface area (Å²) in [5, 5.41) is 8.99. The van der Waals surface area contributed by atoms with Gasteiger partial charge in [-0.1, -0.05) is 6.07 Å². The van der Waals surface area contributed by atoms with Gasteiger partial charge in [-0.25, -0.2) is 13.6 Å². The number of hydrogen-bond donors (Lipinski definition) is 1. The fraction of sp³-hybridized carbons (Fsp3) is 0.385. The molecular weight excluding hydrogens is 288 g/mol. The van der Waals surface area contributed by atoms with Crippen LogP contribution < -0.4 is 0 Å². The highest BCUT2D eigenvalue weighted by molar-refractivity contribution is 7.99. The molecule has 1 saturated heterocycles. The normalized spacial score (nSPS) is 18.3. The van der Waals surface area contributed by atoms with E-state index in [-0.39, 0.29) is 18.7 Å². The molecule has 0 radical (unpaired) electrons. The summed E-state index contributed by atoms with van der Waals surface area (Å²) < 4.78 is 25.8. The number of halogens is 2. The topological polar surface area (TPSA) is 57.6 Å². The molecule has 1 aromatic carbocycles. The van der Waals surface area contributed by atoms with Crippen molar-refractivity contribution in [2.45, 2.75) is 18.9 Å². The number of thioether (sulfide) groups is 1. The molecule has 0 unspecified atom stereocenters. The van der Waals surface area contributed by atoms with E-state index in [4.69, 9.17) is 5.11 Å². The molecule has 0 spiro atoms. The van der Waals surface area contributed by atoms with Crippen LogP contribution in [-0.4, -0.2) is 39.6 Å². The Morgan fingerprint density at radius 1 is 1.35 bits per heavy atom. The fourth-order valence-corrected chi connectivity index (χ4v) is 3.15. The number of benzene rings is 1. The number of amides is 1. The summed E-state index contributed by atoms with van der Waals surface area (Å²) in [6.07, 6.45) is 0.332. The maximum Gasteiger partial charge on any atom is 0.327 e. The molecular formula is C13H13F2NO3S. The minimum absolute atomic E-state index is 0.0788. The molecule has 0 aliphatic carbocycles. The predicted molar refractivity (Wildman–Crippen MR) is 70.3 cm³/mol. The van der Waals surface area contributed by atoms with Gasteiger partial charge in [0.15, 0.2) is 11.6 Å². The highest BCUT2D eigenvalue weighted by atomic mass is 32.2. The van der Waals surface area contributed by atoms with E-state index in [2.05, 4.69) is 0 Å². The Hall–Kier alpha value is -1.63. The van der Waals surface area contributed by atoms with Gasteiger partial charge in [-0.3, -0.25) is 4.79 Å². The molecule has 2 rings (SSSR count). The Morgan fingerprint density at radius 2 is 2.10 bits per heavy atom. The van der Waals surface area contributed by atoms with Crippen LogP contribution in [0.2, 0.25) is 0 Å². The summed E-state index contributed by atoms with van der Waals surface area (Å²) in [7, 11) is 0. The lowest BCUT2D eigenvalue weighted by Gasteiger charge is -2.20. The first-order chi connectivity index (χ1) is 9.49. The van der Waals surface area contributed by atoms with E-state index in [0.717, 1.165) is 12.1 Å².